The average Bonchev–Trinajstić information content (AvgIpc) is 3.03. The summed E-state index contributed by atoms with van der Waals surface area (Å²) in [6.07, 6.45) is -0.658. The number of hydrogen-bond acceptors (Lipinski definition) is 7. The lowest BCUT2D eigenvalue weighted by atomic mass is 9.44. The van der Waals surface area contributed by atoms with Crippen molar-refractivity contribution in [2.75, 3.05) is 11.9 Å². The summed E-state index contributed by atoms with van der Waals surface area (Å²) >= 11 is 0.642. The van der Waals surface area contributed by atoms with E-state index >= 15 is 8.78 Å². The van der Waals surface area contributed by atoms with E-state index in [4.69, 9.17) is 4.74 Å². The molecule has 12 heteroatoms. The number of thioether (sulfide) groups is 1. The Balaban J connectivity index is 1.80. The van der Waals surface area contributed by atoms with Crippen LogP contribution in [0.15, 0.2) is 23.8 Å². The number of carbonyl (C=O) groups excluding carboxylic acids is 3. The Morgan fingerprint density at radius 3 is 2.50 bits per heavy atom. The molecule has 3 saturated carbocycles. The highest BCUT2D eigenvalue weighted by molar-refractivity contribution is 8.14. The van der Waals surface area contributed by atoms with Crippen molar-refractivity contribution in [2.24, 2.45) is 28.6 Å². The van der Waals surface area contributed by atoms with Gasteiger partial charge in [-0.1, -0.05) is 38.6 Å². The first-order valence-electron chi connectivity index (χ1n) is 12.9. The van der Waals surface area contributed by atoms with Crippen LogP contribution in [0.3, 0.4) is 0 Å². The second-order valence-corrected chi connectivity index (χ2v) is 14.4. The molecule has 0 amide bonds. The van der Waals surface area contributed by atoms with Gasteiger partial charge < -0.3 is 19.6 Å². The van der Waals surface area contributed by atoms with Gasteiger partial charge in [-0.15, -0.1) is 0 Å². The second-order valence-electron chi connectivity index (χ2n) is 11.6. The number of alkyl halides is 2. The Morgan fingerprint density at radius 1 is 1.24 bits per heavy atom. The molecule has 3 fully saturated rings. The molecule has 0 radical (unpaired) electrons. The largest absolute Gasteiger partial charge is 0.449 e. The third-order valence-electron chi connectivity index (χ3n) is 9.65. The first-order valence-corrected chi connectivity index (χ1v) is 15.7. The van der Waals surface area contributed by atoms with Crippen LogP contribution in [0.1, 0.15) is 53.4 Å². The number of ether oxygens (including phenoxy) is 1. The minimum Gasteiger partial charge on any atom is -0.449 e. The van der Waals surface area contributed by atoms with E-state index in [1.54, 1.807) is 20.8 Å². The minimum atomic E-state index is -4.39. The Bertz CT molecular complexity index is 1150. The van der Waals surface area contributed by atoms with E-state index < -0.39 is 82.8 Å². The third kappa shape index (κ3) is 4.10. The third-order valence-corrected chi connectivity index (χ3v) is 11.7. The van der Waals surface area contributed by atoms with Gasteiger partial charge in [-0.2, -0.15) is 0 Å². The Kier molecular flexibility index (Phi) is 7.49. The highest BCUT2D eigenvalue weighted by atomic mass is 32.2. The predicted octanol–water partition coefficient (Wildman–Crippen LogP) is 3.68. The molecule has 4 rings (SSSR count). The second kappa shape index (κ2) is 9.61. The number of aliphatic hydroxyl groups is 1. The van der Waals surface area contributed by atoms with Crippen LogP contribution in [0.5, 0.6) is 0 Å². The maximum atomic E-state index is 17.4. The van der Waals surface area contributed by atoms with Gasteiger partial charge in [-0.3, -0.25) is 18.9 Å². The molecule has 0 aromatic rings. The number of halogens is 2. The molecule has 0 aliphatic heterocycles. The van der Waals surface area contributed by atoms with Crippen LogP contribution in [0.4, 0.5) is 8.78 Å². The van der Waals surface area contributed by atoms with Crippen molar-refractivity contribution in [3.63, 3.8) is 0 Å². The monoisotopic (exact) mass is 576 g/mol. The summed E-state index contributed by atoms with van der Waals surface area (Å²) in [4.78, 5) is 57.0. The Labute approximate surface area is 224 Å². The molecule has 212 valence electrons. The molecule has 4 aliphatic carbocycles. The van der Waals surface area contributed by atoms with Crippen molar-refractivity contribution in [1.82, 2.24) is 0 Å². The number of fused-ring (bicyclic) bond motifs is 5. The van der Waals surface area contributed by atoms with Gasteiger partial charge in [0.1, 0.15) is 6.17 Å². The summed E-state index contributed by atoms with van der Waals surface area (Å²) in [5, 5.41) is 10.9. The summed E-state index contributed by atoms with van der Waals surface area (Å²) in [5.74, 6) is -3.70. The van der Waals surface area contributed by atoms with Gasteiger partial charge in [-0.05, 0) is 49.8 Å². The smallest absolute Gasteiger partial charge is 0.326 e. The topological polar surface area (TPSA) is 138 Å². The molecule has 9 atom stereocenters. The van der Waals surface area contributed by atoms with Crippen molar-refractivity contribution in [2.45, 2.75) is 76.9 Å². The fourth-order valence-corrected chi connectivity index (χ4v) is 10.0. The number of hydrogen-bond donors (Lipinski definition) is 3. The van der Waals surface area contributed by atoms with Crippen LogP contribution in [-0.2, 0) is 23.7 Å². The molecule has 38 heavy (non-hydrogen) atoms. The lowest BCUT2D eigenvalue weighted by Crippen LogP contribution is -2.70. The number of esters is 1. The minimum absolute atomic E-state index is 0.00908. The quantitative estimate of drug-likeness (QED) is 0.319. The zero-order valence-electron chi connectivity index (χ0n) is 21.9. The molecule has 0 aromatic heterocycles. The number of ketones is 1. The van der Waals surface area contributed by atoms with Crippen molar-refractivity contribution < 1.29 is 47.4 Å². The van der Waals surface area contributed by atoms with Crippen molar-refractivity contribution in [3.05, 3.63) is 23.8 Å². The van der Waals surface area contributed by atoms with Gasteiger partial charge in [0.15, 0.2) is 17.1 Å². The predicted molar refractivity (Wildman–Crippen MR) is 137 cm³/mol. The average molecular weight is 577 g/mol. The van der Waals surface area contributed by atoms with E-state index in [9.17, 15) is 33.8 Å². The van der Waals surface area contributed by atoms with Crippen molar-refractivity contribution in [1.29, 1.82) is 0 Å². The molecule has 0 unspecified atom stereocenters. The molecule has 3 N–H and O–H groups in total. The van der Waals surface area contributed by atoms with E-state index in [1.807, 2.05) is 0 Å². The summed E-state index contributed by atoms with van der Waals surface area (Å²) < 4.78 is 50.3. The van der Waals surface area contributed by atoms with Gasteiger partial charge in [0, 0.05) is 34.8 Å². The van der Waals surface area contributed by atoms with E-state index in [0.29, 0.717) is 11.8 Å². The molecule has 8 nitrogen and oxygen atoms in total. The molecular formula is C26H35F2O8PS. The SMILES string of the molecule is CCC(=O)O[C@]1(C(=O)SCCP(=O)(O)O)[C@H](C)C[C@H]2[C@@H]3C[C@H](F)C4=CC(=O)C=C[C@]4(C)[C@@]3(F)[C@@H](O)C[C@@]21C. The number of rotatable bonds is 6. The van der Waals surface area contributed by atoms with Crippen LogP contribution in [0.25, 0.3) is 0 Å². The number of aliphatic hydroxyl groups excluding tert-OH is 1. The first kappa shape index (κ1) is 29.6. The summed E-state index contributed by atoms with van der Waals surface area (Å²) in [7, 11) is -4.39. The summed E-state index contributed by atoms with van der Waals surface area (Å²) in [6, 6.07) is 0. The van der Waals surface area contributed by atoms with Crippen LogP contribution >= 0.6 is 19.4 Å². The maximum Gasteiger partial charge on any atom is 0.326 e. The van der Waals surface area contributed by atoms with Gasteiger partial charge >= 0.3 is 13.6 Å². The molecule has 0 aromatic carbocycles. The zero-order valence-corrected chi connectivity index (χ0v) is 23.6. The zero-order chi connectivity index (χ0) is 28.5. The van der Waals surface area contributed by atoms with E-state index in [0.717, 1.165) is 6.08 Å². The van der Waals surface area contributed by atoms with E-state index in [1.165, 1.54) is 19.1 Å². The fourth-order valence-electron chi connectivity index (χ4n) is 7.83. The maximum absolute atomic E-state index is 17.4. The molecule has 0 bridgehead atoms. The normalized spacial score (nSPS) is 44.1. The lowest BCUT2D eigenvalue weighted by molar-refractivity contribution is -0.228. The first-order chi connectivity index (χ1) is 17.5. The molecule has 4 aliphatic rings. The van der Waals surface area contributed by atoms with Gasteiger partial charge in [0.25, 0.3) is 0 Å². The van der Waals surface area contributed by atoms with Gasteiger partial charge in [0.05, 0.1) is 12.3 Å². The molecule has 0 spiro atoms. The van der Waals surface area contributed by atoms with Gasteiger partial charge in [-0.25, -0.2) is 8.78 Å². The lowest BCUT2D eigenvalue weighted by Gasteiger charge is -2.63. The molecule has 0 saturated heterocycles. The van der Waals surface area contributed by atoms with Crippen molar-refractivity contribution >= 4 is 36.2 Å². The Hall–Kier alpha value is -1.39. The van der Waals surface area contributed by atoms with Crippen molar-refractivity contribution in [3.8, 4) is 0 Å². The van der Waals surface area contributed by atoms with E-state index in [-0.39, 0.29) is 37.0 Å². The molecule has 0 heterocycles. The van der Waals surface area contributed by atoms with Gasteiger partial charge in [0.2, 0.25) is 5.12 Å². The van der Waals surface area contributed by atoms with Crippen LogP contribution in [0.2, 0.25) is 0 Å². The highest BCUT2D eigenvalue weighted by Gasteiger charge is 2.78. The summed E-state index contributed by atoms with van der Waals surface area (Å²) in [5.41, 5.74) is -7.03. The van der Waals surface area contributed by atoms with Crippen LogP contribution < -0.4 is 0 Å². The van der Waals surface area contributed by atoms with Crippen LogP contribution in [-0.4, -0.2) is 67.2 Å². The fraction of sp³-hybridized carbons (Fsp3) is 0.731. The number of allylic oxidation sites excluding steroid dienone is 4. The highest BCUT2D eigenvalue weighted by Crippen LogP contribution is 2.72. The Morgan fingerprint density at radius 2 is 1.89 bits per heavy atom. The standard InChI is InChI=1S/C26H35F2O8PS/c1-5-21(31)36-26(22(32)38-9-8-37(33,34)35)14(2)10-16-17-12-19(27)18-11-15(29)6-7-23(18,3)25(17,28)20(30)13-24(16,26)4/h6-7,11,14,16-17,19-20,30H,5,8-10,12-13H2,1-4H3,(H2,33,34,35)/t14-,16+,17+,19+,20+,23+,24+,25+,26+/m1/s1. The molecular weight excluding hydrogens is 541 g/mol. The number of carbonyl (C=O) groups is 3. The van der Waals surface area contributed by atoms with Crippen LogP contribution in [0, 0.1) is 28.6 Å². The summed E-state index contributed by atoms with van der Waals surface area (Å²) in [6.45, 7) is 6.40. The van der Waals surface area contributed by atoms with E-state index in [2.05, 4.69) is 0 Å².